The molecule has 192 valence electrons. The summed E-state index contributed by atoms with van der Waals surface area (Å²) in [6.07, 6.45) is -6.15. The predicted octanol–water partition coefficient (Wildman–Crippen LogP) is 2.75. The zero-order valence-corrected chi connectivity index (χ0v) is 19.7. The first-order chi connectivity index (χ1) is 16.7. The van der Waals surface area contributed by atoms with Gasteiger partial charge in [0, 0.05) is 19.2 Å². The number of benzene rings is 2. The number of carboxylic acids is 1. The number of alkyl halides is 3. The van der Waals surface area contributed by atoms with Crippen molar-refractivity contribution >= 4 is 17.6 Å². The number of hydrogen-bond donors (Lipinski definition) is 0. The van der Waals surface area contributed by atoms with E-state index >= 15 is 0 Å². The summed E-state index contributed by atoms with van der Waals surface area (Å²) in [5, 5.41) is 10.6. The van der Waals surface area contributed by atoms with Gasteiger partial charge in [-0.1, -0.05) is 17.7 Å². The third kappa shape index (κ3) is 5.54. The van der Waals surface area contributed by atoms with Gasteiger partial charge in [-0.2, -0.15) is 13.2 Å². The fourth-order valence-corrected chi connectivity index (χ4v) is 3.46. The third-order valence-electron chi connectivity index (χ3n) is 5.12. The van der Waals surface area contributed by atoms with Gasteiger partial charge in [0.25, 0.3) is 5.56 Å². The van der Waals surface area contributed by atoms with Crippen LogP contribution in [0.2, 0.25) is 5.02 Å². The summed E-state index contributed by atoms with van der Waals surface area (Å²) < 4.78 is 65.2. The molecule has 13 heteroatoms. The number of ether oxygens (including phenoxy) is 2. The van der Waals surface area contributed by atoms with Crippen LogP contribution in [-0.4, -0.2) is 21.2 Å². The standard InChI is InChI=1S/C23H19ClF4N2O6/c1-11-6-13(4-5-17(11)36-12(2)21(32)33)10-35-18-8-16(15(25)7-14(18)24)30-20(31)9-19(23(26,27)28)29(3)22(30)34/h4-9,12H,10H2,1-3H3,(H,32,33)/p-1. The third-order valence-corrected chi connectivity index (χ3v) is 5.42. The van der Waals surface area contributed by atoms with Crippen LogP contribution in [0.25, 0.3) is 5.69 Å². The minimum absolute atomic E-state index is 0.123. The lowest BCUT2D eigenvalue weighted by Crippen LogP contribution is -2.41. The Morgan fingerprint density at radius 2 is 1.81 bits per heavy atom. The number of carboxylic acid groups (broad SMARTS) is 1. The molecule has 1 atom stereocenters. The molecule has 1 aromatic heterocycles. The van der Waals surface area contributed by atoms with Crippen molar-refractivity contribution in [1.82, 2.24) is 9.13 Å². The number of rotatable bonds is 7. The van der Waals surface area contributed by atoms with Crippen LogP contribution < -0.4 is 25.8 Å². The first-order valence-electron chi connectivity index (χ1n) is 10.2. The Morgan fingerprint density at radius 3 is 2.39 bits per heavy atom. The van der Waals surface area contributed by atoms with Crippen LogP contribution in [0.5, 0.6) is 11.5 Å². The first-order valence-corrected chi connectivity index (χ1v) is 10.6. The summed E-state index contributed by atoms with van der Waals surface area (Å²) in [7, 11) is 0.801. The van der Waals surface area contributed by atoms with Gasteiger partial charge in [0.05, 0.1) is 16.7 Å². The van der Waals surface area contributed by atoms with Gasteiger partial charge in [-0.15, -0.1) is 0 Å². The summed E-state index contributed by atoms with van der Waals surface area (Å²) >= 11 is 6.03. The minimum Gasteiger partial charge on any atom is -0.546 e. The average Bonchev–Trinajstić information content (AvgIpc) is 2.77. The number of halogens is 5. The highest BCUT2D eigenvalue weighted by Crippen LogP contribution is 2.31. The van der Waals surface area contributed by atoms with E-state index in [1.807, 2.05) is 0 Å². The average molecular weight is 530 g/mol. The van der Waals surface area contributed by atoms with Gasteiger partial charge in [-0.05, 0) is 43.2 Å². The number of aromatic nitrogens is 2. The van der Waals surface area contributed by atoms with Crippen LogP contribution in [0.3, 0.4) is 0 Å². The van der Waals surface area contributed by atoms with Gasteiger partial charge < -0.3 is 19.4 Å². The van der Waals surface area contributed by atoms with E-state index < -0.39 is 46.7 Å². The molecule has 0 fully saturated rings. The molecule has 0 aliphatic carbocycles. The van der Waals surface area contributed by atoms with E-state index in [0.29, 0.717) is 16.9 Å². The van der Waals surface area contributed by atoms with Crippen molar-refractivity contribution in [2.24, 2.45) is 7.05 Å². The van der Waals surface area contributed by atoms with Crippen molar-refractivity contribution < 1.29 is 36.9 Å². The summed E-state index contributed by atoms with van der Waals surface area (Å²) in [5.41, 5.74) is -3.80. The van der Waals surface area contributed by atoms with Gasteiger partial charge in [-0.25, -0.2) is 13.8 Å². The van der Waals surface area contributed by atoms with E-state index in [-0.39, 0.29) is 32.6 Å². The van der Waals surface area contributed by atoms with Crippen molar-refractivity contribution in [2.45, 2.75) is 32.7 Å². The van der Waals surface area contributed by atoms with Gasteiger partial charge in [0.15, 0.2) is 0 Å². The predicted molar refractivity (Wildman–Crippen MR) is 118 cm³/mol. The molecule has 1 unspecified atom stereocenters. The van der Waals surface area contributed by atoms with Crippen molar-refractivity contribution in [2.75, 3.05) is 0 Å². The van der Waals surface area contributed by atoms with E-state index in [1.165, 1.54) is 13.0 Å². The molecule has 0 radical (unpaired) electrons. The van der Waals surface area contributed by atoms with Crippen molar-refractivity contribution in [3.05, 3.63) is 84.9 Å². The molecule has 0 aliphatic heterocycles. The Kier molecular flexibility index (Phi) is 7.48. The zero-order chi connectivity index (χ0) is 26.9. The quantitative estimate of drug-likeness (QED) is 0.436. The maximum absolute atomic E-state index is 14.6. The SMILES string of the molecule is Cc1cc(COc2cc(-n3c(=O)cc(C(F)(F)F)n(C)c3=O)c(F)cc2Cl)ccc1OC(C)C(=O)[O-]. The lowest BCUT2D eigenvalue weighted by Gasteiger charge is -2.18. The molecule has 0 aliphatic rings. The van der Waals surface area contributed by atoms with E-state index in [4.69, 9.17) is 21.1 Å². The molecule has 0 spiro atoms. The van der Waals surface area contributed by atoms with Crippen LogP contribution in [0.4, 0.5) is 17.6 Å². The number of aryl methyl sites for hydroxylation is 1. The molecule has 0 N–H and O–H groups in total. The monoisotopic (exact) mass is 529 g/mol. The zero-order valence-electron chi connectivity index (χ0n) is 19.0. The topological polar surface area (TPSA) is 103 Å². The molecule has 2 aromatic carbocycles. The summed E-state index contributed by atoms with van der Waals surface area (Å²) in [5.74, 6) is -2.36. The largest absolute Gasteiger partial charge is 0.546 e. The molecule has 0 saturated heterocycles. The fraction of sp³-hybridized carbons (Fsp3) is 0.261. The van der Waals surface area contributed by atoms with Gasteiger partial charge in [-0.3, -0.25) is 9.36 Å². The number of hydrogen-bond acceptors (Lipinski definition) is 6. The van der Waals surface area contributed by atoms with Gasteiger partial charge >= 0.3 is 11.9 Å². The van der Waals surface area contributed by atoms with Gasteiger partial charge in [0.2, 0.25) is 0 Å². The van der Waals surface area contributed by atoms with E-state index in [0.717, 1.165) is 19.2 Å². The Balaban J connectivity index is 1.93. The highest BCUT2D eigenvalue weighted by Gasteiger charge is 2.35. The fourth-order valence-electron chi connectivity index (χ4n) is 3.25. The molecule has 3 aromatic rings. The number of carbonyl (C=O) groups is 1. The van der Waals surface area contributed by atoms with E-state index in [2.05, 4.69) is 0 Å². The van der Waals surface area contributed by atoms with E-state index in [1.54, 1.807) is 19.1 Å². The molecule has 1 heterocycles. The normalized spacial score (nSPS) is 12.3. The lowest BCUT2D eigenvalue weighted by atomic mass is 10.1. The number of carbonyl (C=O) groups excluding carboxylic acids is 1. The van der Waals surface area contributed by atoms with E-state index in [9.17, 15) is 37.1 Å². The Labute approximate surface area is 205 Å². The number of nitrogens with zero attached hydrogens (tertiary/aromatic N) is 2. The Bertz CT molecular complexity index is 1450. The second kappa shape index (κ2) is 10.1. The summed E-state index contributed by atoms with van der Waals surface area (Å²) in [6, 6.07) is 6.59. The van der Waals surface area contributed by atoms with Crippen LogP contribution in [0, 0.1) is 12.7 Å². The van der Waals surface area contributed by atoms with Crippen molar-refractivity contribution in [1.29, 1.82) is 0 Å². The Hall–Kier alpha value is -3.80. The summed E-state index contributed by atoms with van der Waals surface area (Å²) in [6.45, 7) is 2.85. The minimum atomic E-state index is -4.97. The van der Waals surface area contributed by atoms with Gasteiger partial charge in [0.1, 0.15) is 35.7 Å². The second-order valence-corrected chi connectivity index (χ2v) is 8.15. The van der Waals surface area contributed by atoms with Crippen molar-refractivity contribution in [3.63, 3.8) is 0 Å². The maximum atomic E-state index is 14.6. The molecule has 8 nitrogen and oxygen atoms in total. The molecule has 3 rings (SSSR count). The van der Waals surface area contributed by atoms with Crippen LogP contribution in [0.1, 0.15) is 23.7 Å². The summed E-state index contributed by atoms with van der Waals surface area (Å²) in [4.78, 5) is 35.7. The molecule has 0 saturated carbocycles. The second-order valence-electron chi connectivity index (χ2n) is 7.74. The molecular weight excluding hydrogens is 512 g/mol. The molecule has 0 bridgehead atoms. The first kappa shape index (κ1) is 26.8. The van der Waals surface area contributed by atoms with Crippen molar-refractivity contribution in [3.8, 4) is 17.2 Å². The lowest BCUT2D eigenvalue weighted by molar-refractivity contribution is -0.312. The highest BCUT2D eigenvalue weighted by atomic mass is 35.5. The van der Waals surface area contributed by atoms with Crippen LogP contribution >= 0.6 is 11.6 Å². The molecule has 0 amide bonds. The molecular formula is C23H18ClF4N2O6-. The number of aliphatic carboxylic acids is 1. The highest BCUT2D eigenvalue weighted by molar-refractivity contribution is 6.32. The molecule has 36 heavy (non-hydrogen) atoms. The smallest absolute Gasteiger partial charge is 0.431 e. The van der Waals surface area contributed by atoms with Crippen LogP contribution in [-0.2, 0) is 24.6 Å². The maximum Gasteiger partial charge on any atom is 0.431 e. The van der Waals surface area contributed by atoms with Crippen LogP contribution in [0.15, 0.2) is 46.0 Å². The Morgan fingerprint density at radius 1 is 1.14 bits per heavy atom.